The third kappa shape index (κ3) is 7.10. The molecule has 6 heteroatoms. The zero-order valence-corrected chi connectivity index (χ0v) is 40.2. The molecule has 0 saturated heterocycles. The number of rotatable bonds is 9. The average Bonchev–Trinajstić information content (AvgIpc) is 3.78. The van der Waals surface area contributed by atoms with Crippen LogP contribution in [0, 0.1) is 6.92 Å². The van der Waals surface area contributed by atoms with Gasteiger partial charge in [-0.3, -0.25) is 0 Å². The molecule has 12 aromatic rings. The number of fused-ring (bicyclic) bond motifs is 7. The number of hydrogen-bond acceptors (Lipinski definition) is 4. The lowest BCUT2D eigenvalue weighted by Crippen LogP contribution is -2.59. The van der Waals surface area contributed by atoms with Gasteiger partial charge in [0.25, 0.3) is 6.71 Å². The van der Waals surface area contributed by atoms with Gasteiger partial charge in [0, 0.05) is 79.3 Å². The van der Waals surface area contributed by atoms with Crippen molar-refractivity contribution >= 4 is 96.1 Å². The van der Waals surface area contributed by atoms with Gasteiger partial charge in [-0.05, 0) is 144 Å². The van der Waals surface area contributed by atoms with E-state index in [1.165, 1.54) is 27.3 Å². The lowest BCUT2D eigenvalue weighted by Gasteiger charge is -2.41. The predicted octanol–water partition coefficient (Wildman–Crippen LogP) is 16.1. The first-order valence-corrected chi connectivity index (χ1v) is 25.0. The van der Waals surface area contributed by atoms with Gasteiger partial charge in [-0.25, -0.2) is 0 Å². The van der Waals surface area contributed by atoms with Gasteiger partial charge in [0.15, 0.2) is 0 Å². The topological polar surface area (TPSA) is 23.9 Å². The van der Waals surface area contributed by atoms with Crippen LogP contribution in [0.2, 0.25) is 0 Å². The highest BCUT2D eigenvalue weighted by molar-refractivity contribution is 6.99. The van der Waals surface area contributed by atoms with E-state index in [0.717, 1.165) is 95.9 Å². The molecule has 0 amide bonds. The summed E-state index contributed by atoms with van der Waals surface area (Å²) in [6.07, 6.45) is 0. The van der Waals surface area contributed by atoms with Crippen molar-refractivity contribution in [1.82, 2.24) is 4.57 Å². The summed E-state index contributed by atoms with van der Waals surface area (Å²) in [4.78, 5) is 7.16. The molecule has 0 radical (unpaired) electrons. The van der Waals surface area contributed by atoms with Crippen LogP contribution in [-0.4, -0.2) is 11.3 Å². The zero-order valence-electron chi connectivity index (χ0n) is 40.2. The monoisotopic (exact) mass is 934 g/mol. The highest BCUT2D eigenvalue weighted by atomic mass is 16.5. The molecule has 0 unspecified atom stereocenters. The molecule has 0 saturated carbocycles. The van der Waals surface area contributed by atoms with Crippen LogP contribution in [0.5, 0.6) is 11.5 Å². The van der Waals surface area contributed by atoms with E-state index < -0.39 is 0 Å². The quantitative estimate of drug-likeness (QED) is 0.135. The molecule has 2 aliphatic rings. The maximum atomic E-state index is 7.48. The number of para-hydroxylation sites is 5. The minimum Gasteiger partial charge on any atom is -0.458 e. The fraction of sp³-hybridized carbons (Fsp3) is 0.0149. The lowest BCUT2D eigenvalue weighted by molar-refractivity contribution is 0.489. The van der Waals surface area contributed by atoms with Gasteiger partial charge in [-0.1, -0.05) is 151 Å². The van der Waals surface area contributed by atoms with Crippen molar-refractivity contribution in [3.8, 4) is 28.3 Å². The molecule has 14 rings (SSSR count). The van der Waals surface area contributed by atoms with Gasteiger partial charge in [0.2, 0.25) is 0 Å². The van der Waals surface area contributed by atoms with E-state index in [1.54, 1.807) is 0 Å². The van der Waals surface area contributed by atoms with Crippen LogP contribution in [-0.2, 0) is 0 Å². The molecular formula is C67H47BN4O. The second-order valence-electron chi connectivity index (χ2n) is 19.0. The summed E-state index contributed by atoms with van der Waals surface area (Å²) in [5, 5.41) is 2.40. The van der Waals surface area contributed by atoms with Crippen LogP contribution in [0.1, 0.15) is 5.56 Å². The van der Waals surface area contributed by atoms with Crippen molar-refractivity contribution in [3.05, 3.63) is 272 Å². The molecule has 0 atom stereocenters. The summed E-state index contributed by atoms with van der Waals surface area (Å²) in [6, 6.07) is 96.3. The van der Waals surface area contributed by atoms with E-state index in [1.807, 2.05) is 0 Å². The molecule has 0 bridgehead atoms. The van der Waals surface area contributed by atoms with Gasteiger partial charge in [-0.15, -0.1) is 0 Å². The van der Waals surface area contributed by atoms with Crippen LogP contribution >= 0.6 is 0 Å². The van der Waals surface area contributed by atoms with Gasteiger partial charge >= 0.3 is 0 Å². The summed E-state index contributed by atoms with van der Waals surface area (Å²) >= 11 is 0. The number of ether oxygens (including phenoxy) is 1. The molecule has 2 aliphatic heterocycles. The van der Waals surface area contributed by atoms with E-state index in [-0.39, 0.29) is 6.71 Å². The van der Waals surface area contributed by atoms with Crippen LogP contribution < -0.4 is 35.8 Å². The Kier molecular flexibility index (Phi) is 10.1. The standard InChI is InChI=1S/C67H47BN4O/c1-46-31-33-52(34-32-46)70(53-37-41-62-58(43-53)57-29-17-18-30-61(57)71(62)50-25-13-5-14-26-50)55-36-40-60-65(45-55)73-67-56(47-19-7-2-8-20-47)38-42-63-66(67)68(60)59-39-35-54(44-64(59)72(63)51-27-15-6-16-28-51)69(48-21-9-3-10-22-48)49-23-11-4-12-24-49/h2-45H,1H3. The van der Waals surface area contributed by atoms with E-state index in [4.69, 9.17) is 4.74 Å². The maximum absolute atomic E-state index is 7.48. The fourth-order valence-corrected chi connectivity index (χ4v) is 11.4. The normalized spacial score (nSPS) is 12.2. The predicted molar refractivity (Wildman–Crippen MR) is 306 cm³/mol. The summed E-state index contributed by atoms with van der Waals surface area (Å²) < 4.78 is 9.86. The molecule has 0 aliphatic carbocycles. The van der Waals surface area contributed by atoms with Crippen molar-refractivity contribution < 1.29 is 4.74 Å². The number of aryl methyl sites for hydroxylation is 1. The number of aromatic nitrogens is 1. The SMILES string of the molecule is Cc1ccc(N(c2ccc3c(c2)Oc2c(-c4ccccc4)ccc4c2B3c2ccc(N(c3ccccc3)c3ccccc3)cc2N4c2ccccc2)c2ccc3c(c2)c2ccccc2n3-c2ccccc2)cc1. The number of benzene rings is 11. The largest absolute Gasteiger partial charge is 0.458 e. The van der Waals surface area contributed by atoms with Gasteiger partial charge in [0.05, 0.1) is 11.0 Å². The second-order valence-corrected chi connectivity index (χ2v) is 19.0. The first kappa shape index (κ1) is 42.4. The van der Waals surface area contributed by atoms with Crippen molar-refractivity contribution in [2.45, 2.75) is 6.92 Å². The van der Waals surface area contributed by atoms with E-state index in [9.17, 15) is 0 Å². The Morgan fingerprint density at radius 3 is 1.60 bits per heavy atom. The Morgan fingerprint density at radius 2 is 0.904 bits per heavy atom. The number of nitrogens with zero attached hydrogens (tertiary/aromatic N) is 4. The van der Waals surface area contributed by atoms with Crippen LogP contribution in [0.15, 0.2) is 267 Å². The summed E-state index contributed by atoms with van der Waals surface area (Å²) in [7, 11) is 0. The minimum absolute atomic E-state index is 0.134. The van der Waals surface area contributed by atoms with Crippen molar-refractivity contribution in [2.75, 3.05) is 14.7 Å². The molecule has 1 aromatic heterocycles. The minimum atomic E-state index is -0.134. The molecule has 73 heavy (non-hydrogen) atoms. The summed E-state index contributed by atoms with van der Waals surface area (Å²) in [5.74, 6) is 1.71. The zero-order chi connectivity index (χ0) is 48.4. The van der Waals surface area contributed by atoms with Crippen LogP contribution in [0.4, 0.5) is 51.2 Å². The van der Waals surface area contributed by atoms with E-state index >= 15 is 0 Å². The van der Waals surface area contributed by atoms with Crippen LogP contribution in [0.3, 0.4) is 0 Å². The average molecular weight is 935 g/mol. The number of hydrogen-bond donors (Lipinski definition) is 0. The fourth-order valence-electron chi connectivity index (χ4n) is 11.4. The highest BCUT2D eigenvalue weighted by Crippen LogP contribution is 2.48. The summed E-state index contributed by atoms with van der Waals surface area (Å²) in [6.45, 7) is 2.01. The lowest BCUT2D eigenvalue weighted by atomic mass is 9.34. The Morgan fingerprint density at radius 1 is 0.384 bits per heavy atom. The third-order valence-electron chi connectivity index (χ3n) is 14.7. The molecule has 0 spiro atoms. The Bertz CT molecular complexity index is 3970. The van der Waals surface area contributed by atoms with Gasteiger partial charge in [0.1, 0.15) is 11.5 Å². The maximum Gasteiger partial charge on any atom is 0.256 e. The molecule has 5 nitrogen and oxygen atoms in total. The molecule has 11 aromatic carbocycles. The van der Waals surface area contributed by atoms with Crippen molar-refractivity contribution in [1.29, 1.82) is 0 Å². The smallest absolute Gasteiger partial charge is 0.256 e. The van der Waals surface area contributed by atoms with Crippen molar-refractivity contribution in [3.63, 3.8) is 0 Å². The Balaban J connectivity index is 0.981. The van der Waals surface area contributed by atoms with E-state index in [0.29, 0.717) is 0 Å². The number of anilines is 9. The Labute approximate surface area is 425 Å². The van der Waals surface area contributed by atoms with Crippen LogP contribution in [0.25, 0.3) is 38.6 Å². The Hall–Kier alpha value is -9.52. The van der Waals surface area contributed by atoms with Gasteiger partial charge < -0.3 is 24.0 Å². The second kappa shape index (κ2) is 17.4. The third-order valence-corrected chi connectivity index (χ3v) is 14.7. The highest BCUT2D eigenvalue weighted by Gasteiger charge is 2.43. The first-order chi connectivity index (χ1) is 36.1. The van der Waals surface area contributed by atoms with Gasteiger partial charge in [-0.2, -0.15) is 0 Å². The first-order valence-electron chi connectivity index (χ1n) is 25.0. The molecule has 3 heterocycles. The molecule has 344 valence electrons. The molecular weight excluding hydrogens is 888 g/mol. The molecule has 0 N–H and O–H groups in total. The molecule has 0 fully saturated rings. The van der Waals surface area contributed by atoms with E-state index in [2.05, 4.69) is 293 Å². The summed E-state index contributed by atoms with van der Waals surface area (Å²) in [5.41, 5.74) is 20.0. The van der Waals surface area contributed by atoms with Crippen molar-refractivity contribution in [2.24, 2.45) is 0 Å².